The molecule has 4 aliphatic carbocycles. The number of allylic oxidation sites excluding steroid dienone is 4. The molecule has 2 fully saturated rings. The Kier molecular flexibility index (Phi) is 6.06. The van der Waals surface area contributed by atoms with Crippen molar-refractivity contribution in [2.75, 3.05) is 0 Å². The summed E-state index contributed by atoms with van der Waals surface area (Å²) < 4.78 is 2.73. The first-order chi connectivity index (χ1) is 15.7. The van der Waals surface area contributed by atoms with Gasteiger partial charge >= 0.3 is 203 Å². The SMILES string of the molecule is Cc1ccc2c(c1)[CH]([Zr]([C]1=CC=CC1)=[Si](C1CCCC1)C1CCCC1)c1cc(C)ccc1-2. The fraction of sp³-hybridized carbons (Fsp3) is 0.467. The van der Waals surface area contributed by atoms with E-state index in [9.17, 15) is 0 Å². The van der Waals surface area contributed by atoms with Gasteiger partial charge in [-0.1, -0.05) is 0 Å². The summed E-state index contributed by atoms with van der Waals surface area (Å²) in [7, 11) is 0. The maximum absolute atomic E-state index is 2.62. The van der Waals surface area contributed by atoms with Crippen LogP contribution in [0.4, 0.5) is 0 Å². The second kappa shape index (κ2) is 8.99. The molecular formula is C30H36SiZr. The molecule has 2 aromatic rings. The van der Waals surface area contributed by atoms with Crippen LogP contribution in [0.25, 0.3) is 11.1 Å². The van der Waals surface area contributed by atoms with Crippen LogP contribution in [0.1, 0.15) is 83.7 Å². The number of hydrogen-bond donors (Lipinski definition) is 0. The molecule has 0 spiro atoms. The molecule has 164 valence electrons. The summed E-state index contributed by atoms with van der Waals surface area (Å²) in [5, 5.41) is 0. The van der Waals surface area contributed by atoms with Crippen molar-refractivity contribution in [3.63, 3.8) is 0 Å². The Morgan fingerprint density at radius 3 is 1.75 bits per heavy atom. The standard InChI is InChI=1S/C15H13.C10H18Si.C5H5.Zr/c1-10-3-5-14-12(7-10)9-13-8-11(2)4-6-15(13)14;1-2-6-9(5-1)11-10-7-3-4-8-10;1-2-4-5-3-1;/h3-9H,1-2H3;9-10H,1-8H2;1-3H,4H2;. The first-order valence-electron chi connectivity index (χ1n) is 13.0. The molecule has 2 saturated carbocycles. The number of hydrogen-bond acceptors (Lipinski definition) is 0. The van der Waals surface area contributed by atoms with Crippen molar-refractivity contribution in [3.05, 3.63) is 80.2 Å². The van der Waals surface area contributed by atoms with Gasteiger partial charge in [0.15, 0.2) is 0 Å². The van der Waals surface area contributed by atoms with Crippen LogP contribution in [-0.2, 0) is 20.4 Å². The predicted octanol–water partition coefficient (Wildman–Crippen LogP) is 8.72. The first kappa shape index (κ1) is 21.5. The van der Waals surface area contributed by atoms with Crippen molar-refractivity contribution in [3.8, 4) is 11.1 Å². The number of rotatable bonds is 4. The molecule has 0 nitrogen and oxygen atoms in total. The van der Waals surface area contributed by atoms with Crippen LogP contribution in [0.5, 0.6) is 0 Å². The Morgan fingerprint density at radius 2 is 1.28 bits per heavy atom. The third-order valence-electron chi connectivity index (χ3n) is 8.63. The van der Waals surface area contributed by atoms with Gasteiger partial charge in [-0.05, 0) is 0 Å². The van der Waals surface area contributed by atoms with E-state index in [1.165, 1.54) is 43.2 Å². The van der Waals surface area contributed by atoms with Crippen molar-refractivity contribution in [1.29, 1.82) is 0 Å². The van der Waals surface area contributed by atoms with Crippen LogP contribution in [-0.4, -0.2) is 5.43 Å². The fourth-order valence-electron chi connectivity index (χ4n) is 7.24. The molecule has 4 aliphatic rings. The molecule has 0 saturated heterocycles. The Labute approximate surface area is 202 Å². The average molecular weight is 516 g/mol. The summed E-state index contributed by atoms with van der Waals surface area (Å²) in [6, 6.07) is 14.8. The normalized spacial score (nSPS) is 20.6. The summed E-state index contributed by atoms with van der Waals surface area (Å²) in [4.78, 5) is 0. The van der Waals surface area contributed by atoms with E-state index >= 15 is 0 Å². The summed E-state index contributed by atoms with van der Waals surface area (Å²) in [5.74, 6) is 0. The minimum atomic E-state index is -1.98. The van der Waals surface area contributed by atoms with Crippen molar-refractivity contribution in [2.45, 2.75) is 86.3 Å². The molecule has 32 heavy (non-hydrogen) atoms. The molecule has 0 bridgehead atoms. The molecule has 2 heteroatoms. The molecule has 0 heterocycles. The van der Waals surface area contributed by atoms with Gasteiger partial charge in [0.2, 0.25) is 0 Å². The van der Waals surface area contributed by atoms with Crippen LogP contribution in [0, 0.1) is 13.8 Å². The van der Waals surface area contributed by atoms with Gasteiger partial charge in [-0.3, -0.25) is 0 Å². The zero-order valence-corrected chi connectivity index (χ0v) is 23.3. The van der Waals surface area contributed by atoms with Crippen LogP contribution in [0.3, 0.4) is 0 Å². The molecule has 0 radical (unpaired) electrons. The Hall–Kier alpha value is -0.980. The molecule has 0 unspecified atom stereocenters. The van der Waals surface area contributed by atoms with Gasteiger partial charge in [-0.25, -0.2) is 0 Å². The summed E-state index contributed by atoms with van der Waals surface area (Å²) >= 11 is -1.98. The van der Waals surface area contributed by atoms with Crippen molar-refractivity contribution < 1.29 is 20.4 Å². The summed E-state index contributed by atoms with van der Waals surface area (Å²) in [5.41, 5.74) is 11.4. The Morgan fingerprint density at radius 1 is 0.750 bits per heavy atom. The van der Waals surface area contributed by atoms with Crippen molar-refractivity contribution in [2.24, 2.45) is 0 Å². The third kappa shape index (κ3) is 3.74. The molecule has 2 aromatic carbocycles. The zero-order valence-electron chi connectivity index (χ0n) is 19.8. The zero-order chi connectivity index (χ0) is 21.7. The van der Waals surface area contributed by atoms with Crippen LogP contribution in [0.15, 0.2) is 57.9 Å². The molecule has 0 N–H and O–H groups in total. The molecule has 0 aliphatic heterocycles. The predicted molar refractivity (Wildman–Crippen MR) is 135 cm³/mol. The number of benzene rings is 2. The van der Waals surface area contributed by atoms with Gasteiger partial charge in [0, 0.05) is 0 Å². The van der Waals surface area contributed by atoms with E-state index in [4.69, 9.17) is 0 Å². The molecule has 0 atom stereocenters. The van der Waals surface area contributed by atoms with Gasteiger partial charge in [-0.2, -0.15) is 0 Å². The number of fused-ring (bicyclic) bond motifs is 3. The van der Waals surface area contributed by atoms with E-state index in [1.807, 2.05) is 3.28 Å². The Balaban J connectivity index is 1.64. The summed E-state index contributed by atoms with van der Waals surface area (Å²) in [6.07, 6.45) is 21.0. The van der Waals surface area contributed by atoms with Gasteiger partial charge in [-0.15, -0.1) is 0 Å². The molecule has 6 rings (SSSR count). The quantitative estimate of drug-likeness (QED) is 0.357. The van der Waals surface area contributed by atoms with Gasteiger partial charge in [0.25, 0.3) is 0 Å². The van der Waals surface area contributed by atoms with Gasteiger partial charge in [0.1, 0.15) is 0 Å². The van der Waals surface area contributed by atoms with Gasteiger partial charge in [0.05, 0.1) is 0 Å². The summed E-state index contributed by atoms with van der Waals surface area (Å²) in [6.45, 7) is 4.62. The minimum absolute atomic E-state index is 0.324. The van der Waals surface area contributed by atoms with Gasteiger partial charge < -0.3 is 0 Å². The van der Waals surface area contributed by atoms with E-state index in [-0.39, 0.29) is 5.43 Å². The fourth-order valence-corrected chi connectivity index (χ4v) is 35.5. The molecule has 0 aromatic heterocycles. The topological polar surface area (TPSA) is 0 Å². The van der Waals surface area contributed by atoms with Crippen LogP contribution < -0.4 is 0 Å². The van der Waals surface area contributed by atoms with Crippen LogP contribution in [0.2, 0.25) is 11.1 Å². The monoisotopic (exact) mass is 514 g/mol. The first-order valence-corrected chi connectivity index (χ1v) is 21.0. The Bertz CT molecular complexity index is 1070. The third-order valence-corrected chi connectivity index (χ3v) is 31.9. The van der Waals surface area contributed by atoms with E-state index in [1.54, 1.807) is 47.9 Å². The second-order valence-electron chi connectivity index (χ2n) is 10.8. The number of aryl methyl sites for hydroxylation is 2. The molecule has 0 amide bonds. The molecular weight excluding hydrogens is 480 g/mol. The van der Waals surface area contributed by atoms with E-state index in [0.29, 0.717) is 0 Å². The van der Waals surface area contributed by atoms with Crippen LogP contribution >= 0.6 is 0 Å². The van der Waals surface area contributed by atoms with Crippen molar-refractivity contribution >= 4 is 5.43 Å². The van der Waals surface area contributed by atoms with E-state index in [2.05, 4.69) is 68.5 Å². The average Bonchev–Trinajstić information content (AvgIpc) is 3.59. The maximum atomic E-state index is 2.62. The van der Waals surface area contributed by atoms with E-state index in [0.717, 1.165) is 14.7 Å². The van der Waals surface area contributed by atoms with Crippen molar-refractivity contribution in [1.82, 2.24) is 0 Å². The second-order valence-corrected chi connectivity index (χ2v) is 25.8. The van der Waals surface area contributed by atoms with E-state index < -0.39 is 20.4 Å².